The number of ketones is 1. The Bertz CT molecular complexity index is 1100. The fraction of sp³-hybridized carbons (Fsp3) is 0. The zero-order chi connectivity index (χ0) is 17.9. The van der Waals surface area contributed by atoms with Crippen LogP contribution in [0.25, 0.3) is 28.4 Å². The van der Waals surface area contributed by atoms with Crippen LogP contribution in [0.3, 0.4) is 0 Å². The van der Waals surface area contributed by atoms with Crippen LogP contribution in [0.2, 0.25) is 5.02 Å². The first-order valence-electron chi connectivity index (χ1n) is 7.98. The van der Waals surface area contributed by atoms with Crippen molar-refractivity contribution in [2.45, 2.75) is 0 Å². The van der Waals surface area contributed by atoms with Gasteiger partial charge in [-0.25, -0.2) is 9.97 Å². The highest BCUT2D eigenvalue weighted by Crippen LogP contribution is 2.23. The number of carbonyl (C=O) groups excluding carboxylic acids is 1. The first-order chi connectivity index (χ1) is 12.7. The second-order valence-corrected chi connectivity index (χ2v) is 6.13. The second kappa shape index (κ2) is 6.94. The maximum absolute atomic E-state index is 12.3. The third-order valence-corrected chi connectivity index (χ3v) is 4.09. The maximum atomic E-state index is 12.3. The van der Waals surface area contributed by atoms with E-state index in [4.69, 9.17) is 16.0 Å². The van der Waals surface area contributed by atoms with Crippen molar-refractivity contribution in [2.24, 2.45) is 0 Å². The third-order valence-electron chi connectivity index (χ3n) is 3.85. The van der Waals surface area contributed by atoms with Gasteiger partial charge in [0.15, 0.2) is 11.6 Å². The standard InChI is InChI=1S/C21H13ClN2O2/c22-17-7-9-19-16(10-17)11-20(26-19)18(25)8-6-14-12-23-21(24-13-14)15-4-2-1-3-5-15/h1-13H/b8-6-. The molecular formula is C21H13ClN2O2. The Kier molecular flexibility index (Phi) is 4.33. The lowest BCUT2D eigenvalue weighted by Crippen LogP contribution is -1.92. The number of carbonyl (C=O) groups is 1. The first kappa shape index (κ1) is 16.2. The molecule has 0 saturated heterocycles. The van der Waals surface area contributed by atoms with E-state index < -0.39 is 0 Å². The van der Waals surface area contributed by atoms with Crippen LogP contribution in [0.4, 0.5) is 0 Å². The highest BCUT2D eigenvalue weighted by Gasteiger charge is 2.10. The monoisotopic (exact) mass is 360 g/mol. The first-order valence-corrected chi connectivity index (χ1v) is 8.36. The van der Waals surface area contributed by atoms with Gasteiger partial charge in [0.25, 0.3) is 0 Å². The summed E-state index contributed by atoms with van der Waals surface area (Å²) in [5, 5.41) is 1.40. The fourth-order valence-electron chi connectivity index (χ4n) is 2.55. The van der Waals surface area contributed by atoms with Gasteiger partial charge in [0, 0.05) is 33.9 Å². The minimum atomic E-state index is -0.232. The quantitative estimate of drug-likeness (QED) is 0.359. The molecule has 0 aliphatic rings. The Morgan fingerprint density at radius 3 is 2.54 bits per heavy atom. The third kappa shape index (κ3) is 3.41. The molecule has 0 atom stereocenters. The van der Waals surface area contributed by atoms with Crippen molar-refractivity contribution in [1.82, 2.24) is 9.97 Å². The van der Waals surface area contributed by atoms with Gasteiger partial charge < -0.3 is 4.42 Å². The minimum absolute atomic E-state index is 0.232. The number of hydrogen-bond donors (Lipinski definition) is 0. The SMILES string of the molecule is O=C(/C=C\c1cnc(-c2ccccc2)nc1)c1cc2cc(Cl)ccc2o1. The van der Waals surface area contributed by atoms with Gasteiger partial charge in [-0.2, -0.15) is 0 Å². The van der Waals surface area contributed by atoms with Crippen molar-refractivity contribution in [1.29, 1.82) is 0 Å². The van der Waals surface area contributed by atoms with E-state index >= 15 is 0 Å². The average molecular weight is 361 g/mol. The van der Waals surface area contributed by atoms with Gasteiger partial charge in [0.1, 0.15) is 5.58 Å². The Morgan fingerprint density at radius 1 is 1.00 bits per heavy atom. The van der Waals surface area contributed by atoms with Crippen molar-refractivity contribution >= 4 is 34.4 Å². The summed E-state index contributed by atoms with van der Waals surface area (Å²) >= 11 is 5.95. The van der Waals surface area contributed by atoms with Crippen LogP contribution < -0.4 is 0 Å². The molecule has 2 heterocycles. The van der Waals surface area contributed by atoms with Gasteiger partial charge in [-0.1, -0.05) is 41.9 Å². The van der Waals surface area contributed by atoms with Crippen LogP contribution in [0, 0.1) is 0 Å². The summed E-state index contributed by atoms with van der Waals surface area (Å²) in [7, 11) is 0. The van der Waals surface area contributed by atoms with E-state index in [-0.39, 0.29) is 11.5 Å². The summed E-state index contributed by atoms with van der Waals surface area (Å²) in [6.45, 7) is 0. The molecule has 0 radical (unpaired) electrons. The van der Waals surface area contributed by atoms with Crippen molar-refractivity contribution in [3.05, 3.63) is 89.4 Å². The summed E-state index contributed by atoms with van der Waals surface area (Å²) < 4.78 is 5.56. The van der Waals surface area contributed by atoms with E-state index in [1.54, 1.807) is 42.7 Å². The predicted molar refractivity (Wildman–Crippen MR) is 102 cm³/mol. The number of benzene rings is 2. The van der Waals surface area contributed by atoms with Crippen molar-refractivity contribution in [2.75, 3.05) is 0 Å². The smallest absolute Gasteiger partial charge is 0.221 e. The summed E-state index contributed by atoms with van der Waals surface area (Å²) in [6.07, 6.45) is 6.46. The lowest BCUT2D eigenvalue weighted by Gasteiger charge is -1.99. The molecule has 4 aromatic rings. The number of rotatable bonds is 4. The second-order valence-electron chi connectivity index (χ2n) is 5.70. The number of allylic oxidation sites excluding steroid dienone is 1. The van der Waals surface area contributed by atoms with Crippen LogP contribution in [-0.2, 0) is 0 Å². The van der Waals surface area contributed by atoms with Crippen LogP contribution in [0.15, 0.2) is 77.5 Å². The topological polar surface area (TPSA) is 56.0 Å². The normalized spacial score (nSPS) is 11.3. The zero-order valence-corrected chi connectivity index (χ0v) is 14.4. The summed E-state index contributed by atoms with van der Waals surface area (Å²) in [4.78, 5) is 21.0. The van der Waals surface area contributed by atoms with Crippen LogP contribution in [0.5, 0.6) is 0 Å². The number of hydrogen-bond acceptors (Lipinski definition) is 4. The van der Waals surface area contributed by atoms with Crippen molar-refractivity contribution in [3.63, 3.8) is 0 Å². The summed E-state index contributed by atoms with van der Waals surface area (Å²) in [5.41, 5.74) is 2.30. The summed E-state index contributed by atoms with van der Waals surface area (Å²) in [5.74, 6) is 0.674. The van der Waals surface area contributed by atoms with Gasteiger partial charge in [-0.05, 0) is 36.4 Å². The van der Waals surface area contributed by atoms with E-state index in [0.29, 0.717) is 16.4 Å². The van der Waals surface area contributed by atoms with Crippen molar-refractivity contribution < 1.29 is 9.21 Å². The van der Waals surface area contributed by atoms with Crippen LogP contribution in [-0.4, -0.2) is 15.8 Å². The molecule has 0 bridgehead atoms. The Hall–Kier alpha value is -3.24. The van der Waals surface area contributed by atoms with Gasteiger partial charge in [0.05, 0.1) is 0 Å². The molecule has 2 aromatic heterocycles. The van der Waals surface area contributed by atoms with Crippen LogP contribution in [0.1, 0.15) is 16.1 Å². The Labute approximate surface area is 154 Å². The molecule has 0 amide bonds. The van der Waals surface area contributed by atoms with E-state index in [0.717, 1.165) is 16.5 Å². The number of nitrogens with zero attached hydrogens (tertiary/aromatic N) is 2. The Morgan fingerprint density at radius 2 is 1.77 bits per heavy atom. The molecule has 0 spiro atoms. The van der Waals surface area contributed by atoms with Gasteiger partial charge in [-0.3, -0.25) is 4.79 Å². The van der Waals surface area contributed by atoms with E-state index in [9.17, 15) is 4.79 Å². The predicted octanol–water partition coefficient (Wildman–Crippen LogP) is 5.44. The minimum Gasteiger partial charge on any atom is -0.453 e. The van der Waals surface area contributed by atoms with E-state index in [1.165, 1.54) is 6.08 Å². The maximum Gasteiger partial charge on any atom is 0.221 e. The highest BCUT2D eigenvalue weighted by atomic mass is 35.5. The molecule has 4 rings (SSSR count). The molecular weight excluding hydrogens is 348 g/mol. The van der Waals surface area contributed by atoms with Crippen molar-refractivity contribution in [3.8, 4) is 11.4 Å². The highest BCUT2D eigenvalue weighted by molar-refractivity contribution is 6.31. The van der Waals surface area contributed by atoms with Crippen LogP contribution >= 0.6 is 11.6 Å². The number of furan rings is 1. The average Bonchev–Trinajstić information content (AvgIpc) is 3.10. The molecule has 0 aliphatic heterocycles. The molecule has 0 fully saturated rings. The van der Waals surface area contributed by atoms with Gasteiger partial charge in [-0.15, -0.1) is 0 Å². The number of fused-ring (bicyclic) bond motifs is 1. The molecule has 0 aliphatic carbocycles. The van der Waals surface area contributed by atoms with E-state index in [2.05, 4.69) is 9.97 Å². The molecule has 0 unspecified atom stereocenters. The van der Waals surface area contributed by atoms with Gasteiger partial charge >= 0.3 is 0 Å². The fourth-order valence-corrected chi connectivity index (χ4v) is 2.73. The molecule has 5 heteroatoms. The summed E-state index contributed by atoms with van der Waals surface area (Å²) in [6, 6.07) is 16.6. The molecule has 0 saturated carbocycles. The molecule has 2 aromatic carbocycles. The Balaban J connectivity index is 1.52. The number of halogens is 1. The zero-order valence-electron chi connectivity index (χ0n) is 13.6. The lowest BCUT2D eigenvalue weighted by atomic mass is 10.2. The molecule has 26 heavy (non-hydrogen) atoms. The molecule has 4 nitrogen and oxygen atoms in total. The molecule has 0 N–H and O–H groups in total. The number of aromatic nitrogens is 2. The molecule has 126 valence electrons. The van der Waals surface area contributed by atoms with E-state index in [1.807, 2.05) is 30.3 Å². The van der Waals surface area contributed by atoms with Gasteiger partial charge in [0.2, 0.25) is 5.78 Å². The lowest BCUT2D eigenvalue weighted by molar-refractivity contribution is 0.102. The largest absolute Gasteiger partial charge is 0.453 e.